The van der Waals surface area contributed by atoms with E-state index in [4.69, 9.17) is 4.74 Å². The summed E-state index contributed by atoms with van der Waals surface area (Å²) in [5, 5.41) is 5.52. The Hall–Kier alpha value is -0.810. The molecule has 0 aromatic rings. The van der Waals surface area contributed by atoms with Gasteiger partial charge in [-0.15, -0.1) is 0 Å². The quantitative estimate of drug-likeness (QED) is 0.628. The van der Waals surface area contributed by atoms with Gasteiger partial charge in [-0.05, 0) is 27.9 Å². The number of amides is 2. The molecule has 0 radical (unpaired) electrons. The zero-order valence-electron chi connectivity index (χ0n) is 10.4. The van der Waals surface area contributed by atoms with Crippen molar-refractivity contribution >= 4 is 6.03 Å². The van der Waals surface area contributed by atoms with E-state index in [1.54, 1.807) is 7.11 Å². The molecular formula is C10H23N3O2. The summed E-state index contributed by atoms with van der Waals surface area (Å²) in [5.41, 5.74) is -0.0431. The number of likely N-dealkylation sites (N-methyl/N-ethyl adjacent to an activating group) is 1. The van der Waals surface area contributed by atoms with E-state index in [1.165, 1.54) is 0 Å². The van der Waals surface area contributed by atoms with Gasteiger partial charge in [-0.3, -0.25) is 0 Å². The van der Waals surface area contributed by atoms with Gasteiger partial charge in [-0.1, -0.05) is 0 Å². The van der Waals surface area contributed by atoms with Gasteiger partial charge in [0, 0.05) is 25.7 Å². The number of carbonyl (C=O) groups excluding carboxylic acids is 1. The Morgan fingerprint density at radius 3 is 2.40 bits per heavy atom. The van der Waals surface area contributed by atoms with Gasteiger partial charge in [0.05, 0.1) is 6.61 Å². The lowest BCUT2D eigenvalue weighted by atomic mass is 10.1. The van der Waals surface area contributed by atoms with Crippen LogP contribution in [0.4, 0.5) is 4.79 Å². The molecule has 0 rings (SSSR count). The molecule has 2 amide bonds. The van der Waals surface area contributed by atoms with E-state index in [9.17, 15) is 4.79 Å². The van der Waals surface area contributed by atoms with Crippen molar-refractivity contribution in [1.29, 1.82) is 0 Å². The minimum absolute atomic E-state index is 0.0431. The van der Waals surface area contributed by atoms with Crippen LogP contribution in [0.15, 0.2) is 0 Å². The maximum Gasteiger partial charge on any atom is 0.314 e. The molecule has 0 aliphatic carbocycles. The number of nitrogens with zero attached hydrogens (tertiary/aromatic N) is 1. The van der Waals surface area contributed by atoms with Crippen molar-refractivity contribution in [2.45, 2.75) is 19.4 Å². The predicted octanol–water partition coefficient (Wildman–Crippen LogP) is 0.272. The Morgan fingerprint density at radius 1 is 1.33 bits per heavy atom. The second-order valence-corrected chi connectivity index (χ2v) is 4.31. The Kier molecular flexibility index (Phi) is 6.27. The monoisotopic (exact) mass is 217 g/mol. The molecule has 0 atom stereocenters. The van der Waals surface area contributed by atoms with Crippen LogP contribution in [-0.2, 0) is 4.74 Å². The zero-order chi connectivity index (χ0) is 11.9. The fourth-order valence-corrected chi connectivity index (χ4v) is 0.784. The van der Waals surface area contributed by atoms with Crippen LogP contribution in [0.2, 0.25) is 0 Å². The first-order valence-electron chi connectivity index (χ1n) is 5.08. The predicted molar refractivity (Wildman–Crippen MR) is 61.0 cm³/mol. The van der Waals surface area contributed by atoms with E-state index in [2.05, 4.69) is 29.4 Å². The lowest BCUT2D eigenvalue weighted by molar-refractivity contribution is 0.181. The summed E-state index contributed by atoms with van der Waals surface area (Å²) in [6.07, 6.45) is 0. The van der Waals surface area contributed by atoms with Crippen LogP contribution >= 0.6 is 0 Å². The average molecular weight is 217 g/mol. The third-order valence-corrected chi connectivity index (χ3v) is 2.48. The van der Waals surface area contributed by atoms with Gasteiger partial charge in [-0.25, -0.2) is 4.79 Å². The summed E-state index contributed by atoms with van der Waals surface area (Å²) in [6.45, 7) is 5.82. The minimum atomic E-state index is -0.151. The third kappa shape index (κ3) is 6.30. The second-order valence-electron chi connectivity index (χ2n) is 4.31. The zero-order valence-corrected chi connectivity index (χ0v) is 10.4. The molecule has 0 heterocycles. The topological polar surface area (TPSA) is 53.6 Å². The van der Waals surface area contributed by atoms with Crippen molar-refractivity contribution < 1.29 is 9.53 Å². The average Bonchev–Trinajstić information content (AvgIpc) is 2.15. The fraction of sp³-hybridized carbons (Fsp3) is 0.900. The molecular weight excluding hydrogens is 194 g/mol. The highest BCUT2D eigenvalue weighted by atomic mass is 16.5. The van der Waals surface area contributed by atoms with Gasteiger partial charge < -0.3 is 20.3 Å². The molecule has 0 aromatic carbocycles. The Labute approximate surface area is 92.2 Å². The van der Waals surface area contributed by atoms with Gasteiger partial charge in [0.2, 0.25) is 0 Å². The summed E-state index contributed by atoms with van der Waals surface area (Å²) in [6, 6.07) is -0.151. The van der Waals surface area contributed by atoms with Crippen molar-refractivity contribution in [1.82, 2.24) is 15.5 Å². The molecule has 0 aliphatic heterocycles. The van der Waals surface area contributed by atoms with Crippen LogP contribution < -0.4 is 10.6 Å². The molecule has 5 heteroatoms. The van der Waals surface area contributed by atoms with E-state index in [1.807, 2.05) is 14.1 Å². The van der Waals surface area contributed by atoms with Gasteiger partial charge in [0.1, 0.15) is 0 Å². The number of ether oxygens (including phenoxy) is 1. The molecule has 0 aliphatic rings. The van der Waals surface area contributed by atoms with Crippen LogP contribution in [0, 0.1) is 0 Å². The maximum absolute atomic E-state index is 11.3. The SMILES string of the molecule is COCCNC(=O)NCC(C)(C)N(C)C. The molecule has 0 saturated heterocycles. The molecule has 2 N–H and O–H groups in total. The van der Waals surface area contributed by atoms with Crippen LogP contribution in [-0.4, -0.2) is 57.4 Å². The summed E-state index contributed by atoms with van der Waals surface area (Å²) in [7, 11) is 5.59. The van der Waals surface area contributed by atoms with Crippen molar-refractivity contribution in [3.63, 3.8) is 0 Å². The Bertz CT molecular complexity index is 193. The number of methoxy groups -OCH3 is 1. The molecule has 0 saturated carbocycles. The highest BCUT2D eigenvalue weighted by Gasteiger charge is 2.20. The summed E-state index contributed by atoms with van der Waals surface area (Å²) in [5.74, 6) is 0. The highest BCUT2D eigenvalue weighted by molar-refractivity contribution is 5.73. The van der Waals surface area contributed by atoms with Crippen molar-refractivity contribution in [3.8, 4) is 0 Å². The number of hydrogen-bond acceptors (Lipinski definition) is 3. The first-order chi connectivity index (χ1) is 6.90. The van der Waals surface area contributed by atoms with E-state index < -0.39 is 0 Å². The van der Waals surface area contributed by atoms with Crippen LogP contribution in [0.25, 0.3) is 0 Å². The minimum Gasteiger partial charge on any atom is -0.383 e. The molecule has 0 spiro atoms. The number of rotatable bonds is 6. The van der Waals surface area contributed by atoms with E-state index in [0.29, 0.717) is 19.7 Å². The van der Waals surface area contributed by atoms with Crippen molar-refractivity contribution in [2.24, 2.45) is 0 Å². The Morgan fingerprint density at radius 2 is 1.93 bits per heavy atom. The number of hydrogen-bond donors (Lipinski definition) is 2. The standard InChI is InChI=1S/C10H23N3O2/c1-10(2,13(3)4)8-12-9(14)11-6-7-15-5/h6-8H2,1-5H3,(H2,11,12,14). The molecule has 0 bridgehead atoms. The van der Waals surface area contributed by atoms with Gasteiger partial charge in [-0.2, -0.15) is 0 Å². The van der Waals surface area contributed by atoms with Crippen LogP contribution in [0.3, 0.4) is 0 Å². The number of carbonyl (C=O) groups is 1. The van der Waals surface area contributed by atoms with Crippen molar-refractivity contribution in [2.75, 3.05) is 40.9 Å². The first-order valence-corrected chi connectivity index (χ1v) is 5.08. The van der Waals surface area contributed by atoms with Gasteiger partial charge in [0.15, 0.2) is 0 Å². The van der Waals surface area contributed by atoms with Crippen LogP contribution in [0.1, 0.15) is 13.8 Å². The lowest BCUT2D eigenvalue weighted by Gasteiger charge is -2.32. The van der Waals surface area contributed by atoms with Gasteiger partial charge >= 0.3 is 6.03 Å². The number of urea groups is 1. The second kappa shape index (κ2) is 6.63. The molecule has 5 nitrogen and oxygen atoms in total. The normalized spacial score (nSPS) is 11.6. The summed E-state index contributed by atoms with van der Waals surface area (Å²) < 4.78 is 4.83. The van der Waals surface area contributed by atoms with E-state index >= 15 is 0 Å². The molecule has 90 valence electrons. The number of nitrogens with one attached hydrogen (secondary N) is 2. The molecule has 0 fully saturated rings. The maximum atomic E-state index is 11.3. The Balaban J connectivity index is 3.71. The van der Waals surface area contributed by atoms with Crippen LogP contribution in [0.5, 0.6) is 0 Å². The summed E-state index contributed by atoms with van der Waals surface area (Å²) in [4.78, 5) is 13.4. The largest absolute Gasteiger partial charge is 0.383 e. The molecule has 15 heavy (non-hydrogen) atoms. The first kappa shape index (κ1) is 14.2. The van der Waals surface area contributed by atoms with Gasteiger partial charge in [0.25, 0.3) is 0 Å². The molecule has 0 unspecified atom stereocenters. The lowest BCUT2D eigenvalue weighted by Crippen LogP contribution is -2.50. The fourth-order valence-electron chi connectivity index (χ4n) is 0.784. The van der Waals surface area contributed by atoms with E-state index in [-0.39, 0.29) is 11.6 Å². The molecule has 0 aromatic heterocycles. The van der Waals surface area contributed by atoms with E-state index in [0.717, 1.165) is 0 Å². The third-order valence-electron chi connectivity index (χ3n) is 2.48. The smallest absolute Gasteiger partial charge is 0.314 e. The highest BCUT2D eigenvalue weighted by Crippen LogP contribution is 2.07. The van der Waals surface area contributed by atoms with Crippen molar-refractivity contribution in [3.05, 3.63) is 0 Å². The summed E-state index contributed by atoms with van der Waals surface area (Å²) >= 11 is 0.